The van der Waals surface area contributed by atoms with Gasteiger partial charge in [0, 0.05) is 17.6 Å². The lowest BCUT2D eigenvalue weighted by molar-refractivity contribution is -0.00694. The van der Waals surface area contributed by atoms with Gasteiger partial charge in [0.05, 0.1) is 0 Å². The molecule has 4 bridgehead atoms. The molecule has 2 N–H and O–H groups in total. The first-order chi connectivity index (χ1) is 10.7. The molecule has 0 amide bonds. The zero-order valence-corrected chi connectivity index (χ0v) is 14.3. The van der Waals surface area contributed by atoms with Crippen LogP contribution in [0, 0.1) is 23.7 Å². The van der Waals surface area contributed by atoms with Crippen LogP contribution in [-0.2, 0) is 6.54 Å². The summed E-state index contributed by atoms with van der Waals surface area (Å²) in [6, 6.07) is 8.54. The van der Waals surface area contributed by atoms with E-state index in [1.807, 2.05) is 24.3 Å². The number of thiocarbonyl (C=S) groups is 1. The van der Waals surface area contributed by atoms with E-state index >= 15 is 0 Å². The fraction of sp³-hybridized carbons (Fsp3) is 0.611. The van der Waals surface area contributed by atoms with Crippen molar-refractivity contribution in [1.29, 1.82) is 0 Å². The third-order valence-electron chi connectivity index (χ3n) is 5.89. The summed E-state index contributed by atoms with van der Waals surface area (Å²) in [4.78, 5) is 0. The summed E-state index contributed by atoms with van der Waals surface area (Å²) < 4.78 is 0. The Balaban J connectivity index is 1.31. The van der Waals surface area contributed by atoms with Crippen LogP contribution in [0.25, 0.3) is 0 Å². The molecule has 5 rings (SSSR count). The summed E-state index contributed by atoms with van der Waals surface area (Å²) in [5.41, 5.74) is 1.21. The van der Waals surface area contributed by atoms with E-state index in [2.05, 4.69) is 10.6 Å². The van der Waals surface area contributed by atoms with Crippen molar-refractivity contribution in [3.05, 3.63) is 34.9 Å². The monoisotopic (exact) mass is 334 g/mol. The quantitative estimate of drug-likeness (QED) is 0.813. The number of hydrogen-bond acceptors (Lipinski definition) is 1. The van der Waals surface area contributed by atoms with Crippen molar-refractivity contribution in [2.24, 2.45) is 23.7 Å². The Morgan fingerprint density at radius 2 is 1.59 bits per heavy atom. The van der Waals surface area contributed by atoms with Crippen LogP contribution >= 0.6 is 23.8 Å². The van der Waals surface area contributed by atoms with E-state index < -0.39 is 0 Å². The van der Waals surface area contributed by atoms with Crippen molar-refractivity contribution < 1.29 is 0 Å². The highest BCUT2D eigenvalue weighted by atomic mass is 35.5. The van der Waals surface area contributed by atoms with Crippen LogP contribution in [0.5, 0.6) is 0 Å². The van der Waals surface area contributed by atoms with E-state index in [0.717, 1.165) is 40.4 Å². The summed E-state index contributed by atoms with van der Waals surface area (Å²) in [6.07, 6.45) is 7.18. The topological polar surface area (TPSA) is 24.1 Å². The molecule has 0 aliphatic heterocycles. The van der Waals surface area contributed by atoms with Gasteiger partial charge in [-0.05, 0) is 85.7 Å². The maximum absolute atomic E-state index is 5.91. The second kappa shape index (κ2) is 6.01. The van der Waals surface area contributed by atoms with Gasteiger partial charge < -0.3 is 10.6 Å². The molecule has 0 saturated heterocycles. The first-order valence-corrected chi connectivity index (χ1v) is 9.25. The molecule has 1 aromatic carbocycles. The lowest BCUT2D eigenvalue weighted by Gasteiger charge is -2.54. The van der Waals surface area contributed by atoms with Crippen molar-refractivity contribution >= 4 is 28.9 Å². The van der Waals surface area contributed by atoms with E-state index in [9.17, 15) is 0 Å². The van der Waals surface area contributed by atoms with Crippen LogP contribution in [0.1, 0.15) is 37.7 Å². The van der Waals surface area contributed by atoms with Gasteiger partial charge >= 0.3 is 0 Å². The molecule has 22 heavy (non-hydrogen) atoms. The lowest BCUT2D eigenvalue weighted by Crippen LogP contribution is -2.57. The molecule has 4 saturated carbocycles. The number of hydrogen-bond donors (Lipinski definition) is 2. The predicted octanol–water partition coefficient (Wildman–Crippen LogP) is 4.13. The third kappa shape index (κ3) is 2.98. The van der Waals surface area contributed by atoms with Gasteiger partial charge in [0.15, 0.2) is 5.11 Å². The standard InChI is InChI=1S/C18H23ClN2S/c19-16-3-1-11(2-4-16)10-20-18(22)21-17-14-6-12-5-13(8-14)9-15(17)7-12/h1-4,12-15,17H,5-10H2,(H2,20,21,22). The highest BCUT2D eigenvalue weighted by molar-refractivity contribution is 7.80. The maximum atomic E-state index is 5.91. The minimum atomic E-state index is 0.609. The third-order valence-corrected chi connectivity index (χ3v) is 6.40. The molecular weight excluding hydrogens is 312 g/mol. The van der Waals surface area contributed by atoms with Crippen LogP contribution in [0.15, 0.2) is 24.3 Å². The lowest BCUT2D eigenvalue weighted by atomic mass is 9.54. The van der Waals surface area contributed by atoms with Crippen LogP contribution in [0.3, 0.4) is 0 Å². The maximum Gasteiger partial charge on any atom is 0.166 e. The van der Waals surface area contributed by atoms with Gasteiger partial charge in [0.2, 0.25) is 0 Å². The number of halogens is 1. The molecule has 4 fully saturated rings. The van der Waals surface area contributed by atoms with Crippen LogP contribution in [0.4, 0.5) is 0 Å². The first kappa shape index (κ1) is 14.8. The average Bonchev–Trinajstić information content (AvgIpc) is 2.50. The van der Waals surface area contributed by atoms with Crippen LogP contribution in [0.2, 0.25) is 5.02 Å². The molecule has 4 aliphatic rings. The largest absolute Gasteiger partial charge is 0.359 e. The Morgan fingerprint density at radius 1 is 1.00 bits per heavy atom. The number of benzene rings is 1. The molecule has 0 aromatic heterocycles. The fourth-order valence-corrected chi connectivity index (χ4v) is 5.48. The number of nitrogens with one attached hydrogen (secondary N) is 2. The molecule has 0 radical (unpaired) electrons. The highest BCUT2D eigenvalue weighted by Gasteiger charge is 2.48. The second-order valence-corrected chi connectivity index (χ2v) is 8.25. The van der Waals surface area contributed by atoms with E-state index in [1.54, 1.807) is 0 Å². The summed E-state index contributed by atoms with van der Waals surface area (Å²) >= 11 is 11.4. The fourth-order valence-electron chi connectivity index (χ4n) is 5.15. The van der Waals surface area contributed by atoms with Gasteiger partial charge in [-0.25, -0.2) is 0 Å². The predicted molar refractivity (Wildman–Crippen MR) is 94.9 cm³/mol. The number of rotatable bonds is 3. The minimum Gasteiger partial charge on any atom is -0.359 e. The Hall–Kier alpha value is -0.800. The Morgan fingerprint density at radius 3 is 2.18 bits per heavy atom. The first-order valence-electron chi connectivity index (χ1n) is 8.46. The van der Waals surface area contributed by atoms with Gasteiger partial charge in [0.25, 0.3) is 0 Å². The summed E-state index contributed by atoms with van der Waals surface area (Å²) in [7, 11) is 0. The van der Waals surface area contributed by atoms with E-state index in [0.29, 0.717) is 6.04 Å². The molecule has 2 nitrogen and oxygen atoms in total. The molecule has 4 aliphatic carbocycles. The minimum absolute atomic E-state index is 0.609. The SMILES string of the molecule is S=C(NCc1ccc(Cl)cc1)NC1C2CC3CC(C2)CC1C3. The molecule has 4 heteroatoms. The zero-order valence-electron chi connectivity index (χ0n) is 12.7. The van der Waals surface area contributed by atoms with Gasteiger partial charge in [-0.15, -0.1) is 0 Å². The van der Waals surface area contributed by atoms with Gasteiger partial charge in [-0.1, -0.05) is 23.7 Å². The molecular formula is C18H23ClN2S. The molecule has 0 atom stereocenters. The average molecular weight is 335 g/mol. The molecule has 0 heterocycles. The second-order valence-electron chi connectivity index (χ2n) is 7.41. The van der Waals surface area contributed by atoms with Gasteiger partial charge in [0.1, 0.15) is 0 Å². The normalized spacial score (nSPS) is 35.4. The van der Waals surface area contributed by atoms with Gasteiger partial charge in [-0.2, -0.15) is 0 Å². The van der Waals surface area contributed by atoms with Gasteiger partial charge in [-0.3, -0.25) is 0 Å². The zero-order chi connectivity index (χ0) is 15.1. The van der Waals surface area contributed by atoms with E-state index in [1.165, 1.54) is 37.7 Å². The molecule has 1 aromatic rings. The summed E-state index contributed by atoms with van der Waals surface area (Å²) in [5.74, 6) is 3.73. The smallest absolute Gasteiger partial charge is 0.166 e. The van der Waals surface area contributed by atoms with Crippen LogP contribution in [-0.4, -0.2) is 11.2 Å². The summed E-state index contributed by atoms with van der Waals surface area (Å²) in [6.45, 7) is 0.760. The molecule has 118 valence electrons. The van der Waals surface area contributed by atoms with Crippen LogP contribution < -0.4 is 10.6 Å². The van der Waals surface area contributed by atoms with Crippen molar-refractivity contribution in [2.75, 3.05) is 0 Å². The van der Waals surface area contributed by atoms with Crippen molar-refractivity contribution in [3.8, 4) is 0 Å². The Bertz CT molecular complexity index is 529. The Labute approximate surface area is 143 Å². The van der Waals surface area contributed by atoms with Crippen molar-refractivity contribution in [3.63, 3.8) is 0 Å². The summed E-state index contributed by atoms with van der Waals surface area (Å²) in [5, 5.41) is 8.58. The Kier molecular flexibility index (Phi) is 4.04. The van der Waals surface area contributed by atoms with E-state index in [4.69, 9.17) is 23.8 Å². The molecule has 0 spiro atoms. The highest BCUT2D eigenvalue weighted by Crippen LogP contribution is 2.53. The molecule has 0 unspecified atom stereocenters. The van der Waals surface area contributed by atoms with Crippen molar-refractivity contribution in [2.45, 2.75) is 44.7 Å². The van der Waals surface area contributed by atoms with Crippen molar-refractivity contribution in [1.82, 2.24) is 10.6 Å². The van der Waals surface area contributed by atoms with E-state index in [-0.39, 0.29) is 0 Å².